The zero-order valence-electron chi connectivity index (χ0n) is 12.1. The fourth-order valence-corrected chi connectivity index (χ4v) is 2.29. The summed E-state index contributed by atoms with van der Waals surface area (Å²) in [5.74, 6) is 0.0738. The minimum Gasteiger partial charge on any atom is -0.383 e. The predicted octanol–water partition coefficient (Wildman–Crippen LogP) is 0.783. The molecule has 5 heteroatoms. The van der Waals surface area contributed by atoms with Gasteiger partial charge in [0.1, 0.15) is 11.6 Å². The largest absolute Gasteiger partial charge is 0.383 e. The van der Waals surface area contributed by atoms with Crippen LogP contribution in [0.4, 0.5) is 0 Å². The number of piperazine rings is 1. The van der Waals surface area contributed by atoms with E-state index >= 15 is 0 Å². The third kappa shape index (κ3) is 2.66. The lowest BCUT2D eigenvalue weighted by Gasteiger charge is -2.46. The Bertz CT molecular complexity index is 339. The van der Waals surface area contributed by atoms with Crippen molar-refractivity contribution in [2.45, 2.75) is 52.2 Å². The molecule has 0 bridgehead atoms. The molecule has 1 rings (SSSR count). The van der Waals surface area contributed by atoms with Gasteiger partial charge in [-0.05, 0) is 26.7 Å². The molecule has 0 spiro atoms. The molecule has 0 radical (unpaired) electrons. The molecule has 1 N–H and O–H groups in total. The fraction of sp³-hybridized carbons (Fsp3) is 0.846. The van der Waals surface area contributed by atoms with E-state index in [0.29, 0.717) is 6.61 Å². The van der Waals surface area contributed by atoms with Crippen LogP contribution in [0.2, 0.25) is 0 Å². The molecule has 0 saturated carbocycles. The third-order valence-corrected chi connectivity index (χ3v) is 3.47. The average molecular weight is 256 g/mol. The number of ether oxygens (including phenoxy) is 1. The highest BCUT2D eigenvalue weighted by Crippen LogP contribution is 2.24. The Hall–Kier alpha value is -1.10. The number of amides is 2. The Morgan fingerprint density at radius 2 is 1.94 bits per heavy atom. The molecule has 2 atom stereocenters. The molecule has 18 heavy (non-hydrogen) atoms. The summed E-state index contributed by atoms with van der Waals surface area (Å²) in [4.78, 5) is 26.1. The standard InChI is InChI=1S/C13H24N2O3/c1-8(2)10(7-18-6)15-9(3)11(16)14-13(4,5)12(15)17/h8-10H,7H2,1-6H3,(H,14,16). The van der Waals surface area contributed by atoms with Crippen LogP contribution < -0.4 is 5.32 Å². The normalized spacial score (nSPS) is 25.3. The van der Waals surface area contributed by atoms with Crippen molar-refractivity contribution in [2.24, 2.45) is 5.92 Å². The van der Waals surface area contributed by atoms with Crippen molar-refractivity contribution in [3.63, 3.8) is 0 Å². The van der Waals surface area contributed by atoms with E-state index in [2.05, 4.69) is 5.32 Å². The van der Waals surface area contributed by atoms with Crippen LogP contribution in [0.5, 0.6) is 0 Å². The number of nitrogens with one attached hydrogen (secondary N) is 1. The Labute approximate surface area is 109 Å². The van der Waals surface area contributed by atoms with Crippen molar-refractivity contribution in [2.75, 3.05) is 13.7 Å². The number of carbonyl (C=O) groups is 2. The third-order valence-electron chi connectivity index (χ3n) is 3.47. The van der Waals surface area contributed by atoms with Gasteiger partial charge in [-0.2, -0.15) is 0 Å². The Morgan fingerprint density at radius 3 is 2.39 bits per heavy atom. The maximum atomic E-state index is 12.5. The van der Waals surface area contributed by atoms with E-state index in [1.54, 1.807) is 32.8 Å². The first kappa shape index (κ1) is 15.0. The molecular weight excluding hydrogens is 232 g/mol. The second kappa shape index (κ2) is 5.26. The van der Waals surface area contributed by atoms with Gasteiger partial charge in [0, 0.05) is 7.11 Å². The van der Waals surface area contributed by atoms with Crippen LogP contribution in [-0.2, 0) is 14.3 Å². The van der Waals surface area contributed by atoms with Gasteiger partial charge < -0.3 is 15.0 Å². The zero-order valence-corrected chi connectivity index (χ0v) is 12.1. The van der Waals surface area contributed by atoms with Crippen molar-refractivity contribution < 1.29 is 14.3 Å². The van der Waals surface area contributed by atoms with E-state index in [1.165, 1.54) is 0 Å². The molecule has 0 aliphatic carbocycles. The van der Waals surface area contributed by atoms with Crippen LogP contribution in [0.15, 0.2) is 0 Å². The lowest BCUT2D eigenvalue weighted by atomic mass is 9.92. The van der Waals surface area contributed by atoms with Crippen molar-refractivity contribution in [3.8, 4) is 0 Å². The Balaban J connectivity index is 3.08. The Morgan fingerprint density at radius 1 is 1.39 bits per heavy atom. The molecule has 5 nitrogen and oxygen atoms in total. The Kier molecular flexibility index (Phi) is 4.37. The van der Waals surface area contributed by atoms with Crippen molar-refractivity contribution in [3.05, 3.63) is 0 Å². The van der Waals surface area contributed by atoms with Crippen LogP contribution >= 0.6 is 0 Å². The topological polar surface area (TPSA) is 58.6 Å². The molecule has 1 saturated heterocycles. The number of methoxy groups -OCH3 is 1. The molecule has 2 unspecified atom stereocenters. The van der Waals surface area contributed by atoms with Gasteiger partial charge in [-0.15, -0.1) is 0 Å². The van der Waals surface area contributed by atoms with Crippen molar-refractivity contribution >= 4 is 11.8 Å². The minimum atomic E-state index is -0.843. The predicted molar refractivity (Wildman–Crippen MR) is 69.0 cm³/mol. The van der Waals surface area contributed by atoms with Crippen LogP contribution in [0.25, 0.3) is 0 Å². The summed E-state index contributed by atoms with van der Waals surface area (Å²) in [6, 6.07) is -0.532. The maximum absolute atomic E-state index is 12.5. The van der Waals surface area contributed by atoms with Gasteiger partial charge in [0.05, 0.1) is 12.6 Å². The number of hydrogen-bond acceptors (Lipinski definition) is 3. The second-order valence-electron chi connectivity index (χ2n) is 5.77. The van der Waals surface area contributed by atoms with Crippen molar-refractivity contribution in [1.82, 2.24) is 10.2 Å². The summed E-state index contributed by atoms with van der Waals surface area (Å²) < 4.78 is 5.19. The number of carbonyl (C=O) groups excluding carboxylic acids is 2. The summed E-state index contributed by atoms with van der Waals surface area (Å²) >= 11 is 0. The first-order valence-electron chi connectivity index (χ1n) is 6.36. The maximum Gasteiger partial charge on any atom is 0.248 e. The minimum absolute atomic E-state index is 0.0506. The van der Waals surface area contributed by atoms with Crippen molar-refractivity contribution in [1.29, 1.82) is 0 Å². The molecule has 1 fully saturated rings. The van der Waals surface area contributed by atoms with Gasteiger partial charge in [0.15, 0.2) is 0 Å². The molecule has 0 aromatic carbocycles. The second-order valence-corrected chi connectivity index (χ2v) is 5.77. The smallest absolute Gasteiger partial charge is 0.248 e. The van der Waals surface area contributed by atoms with E-state index in [1.807, 2.05) is 13.8 Å². The lowest BCUT2D eigenvalue weighted by molar-refractivity contribution is -0.158. The van der Waals surface area contributed by atoms with E-state index in [9.17, 15) is 9.59 Å². The molecule has 1 aliphatic rings. The summed E-state index contributed by atoms with van der Waals surface area (Å²) in [6.45, 7) is 9.73. The quantitative estimate of drug-likeness (QED) is 0.809. The SMILES string of the molecule is COCC(C(C)C)N1C(=O)C(C)(C)NC(=O)C1C. The average Bonchev–Trinajstić information content (AvgIpc) is 2.25. The summed E-state index contributed by atoms with van der Waals surface area (Å²) in [5, 5.41) is 2.75. The first-order chi connectivity index (χ1) is 8.22. The number of rotatable bonds is 4. The van der Waals surface area contributed by atoms with Crippen LogP contribution in [0, 0.1) is 5.92 Å². The fourth-order valence-electron chi connectivity index (χ4n) is 2.29. The van der Waals surface area contributed by atoms with Crippen LogP contribution in [0.3, 0.4) is 0 Å². The van der Waals surface area contributed by atoms with Gasteiger partial charge in [0.25, 0.3) is 0 Å². The molecule has 0 aromatic heterocycles. The van der Waals surface area contributed by atoms with Crippen LogP contribution in [0.1, 0.15) is 34.6 Å². The highest BCUT2D eigenvalue weighted by atomic mass is 16.5. The van der Waals surface area contributed by atoms with E-state index < -0.39 is 11.6 Å². The molecule has 2 amide bonds. The van der Waals surface area contributed by atoms with Gasteiger partial charge in [-0.25, -0.2) is 0 Å². The monoisotopic (exact) mass is 256 g/mol. The van der Waals surface area contributed by atoms with Gasteiger partial charge >= 0.3 is 0 Å². The molecule has 1 aliphatic heterocycles. The summed E-state index contributed by atoms with van der Waals surface area (Å²) in [6.07, 6.45) is 0. The molecular formula is C13H24N2O3. The highest BCUT2D eigenvalue weighted by Gasteiger charge is 2.46. The van der Waals surface area contributed by atoms with E-state index in [-0.39, 0.29) is 23.8 Å². The van der Waals surface area contributed by atoms with Gasteiger partial charge in [-0.3, -0.25) is 9.59 Å². The highest BCUT2D eigenvalue weighted by molar-refractivity contribution is 5.99. The number of hydrogen-bond donors (Lipinski definition) is 1. The molecule has 0 aromatic rings. The van der Waals surface area contributed by atoms with E-state index in [4.69, 9.17) is 4.74 Å². The first-order valence-corrected chi connectivity index (χ1v) is 6.36. The van der Waals surface area contributed by atoms with Crippen LogP contribution in [-0.4, -0.2) is 48.1 Å². The summed E-state index contributed by atoms with van der Waals surface area (Å²) in [7, 11) is 1.61. The number of nitrogens with zero attached hydrogens (tertiary/aromatic N) is 1. The van der Waals surface area contributed by atoms with Gasteiger partial charge in [0.2, 0.25) is 11.8 Å². The summed E-state index contributed by atoms with van der Waals surface area (Å²) in [5.41, 5.74) is -0.843. The molecule has 104 valence electrons. The zero-order chi connectivity index (χ0) is 14.1. The van der Waals surface area contributed by atoms with Gasteiger partial charge in [-0.1, -0.05) is 13.8 Å². The van der Waals surface area contributed by atoms with E-state index in [0.717, 1.165) is 0 Å². The molecule has 1 heterocycles. The lowest BCUT2D eigenvalue weighted by Crippen LogP contribution is -2.70.